The van der Waals surface area contributed by atoms with E-state index in [1.54, 1.807) is 6.92 Å². The molecule has 0 atom stereocenters. The summed E-state index contributed by atoms with van der Waals surface area (Å²) in [6, 6.07) is 26.7. The molecule has 3 aromatic rings. The lowest BCUT2D eigenvalue weighted by molar-refractivity contribution is -0.140. The predicted molar refractivity (Wildman–Crippen MR) is 102 cm³/mol. The molecule has 2 nitrogen and oxygen atoms in total. The molecule has 0 unspecified atom stereocenters. The molecular formula is C23H20O2. The van der Waals surface area contributed by atoms with E-state index in [1.165, 1.54) is 11.1 Å². The zero-order valence-corrected chi connectivity index (χ0v) is 14.2. The minimum absolute atomic E-state index is 0.238. The van der Waals surface area contributed by atoms with Crippen LogP contribution in [0, 0.1) is 0 Å². The Morgan fingerprint density at radius 2 is 1.36 bits per heavy atom. The van der Waals surface area contributed by atoms with Crippen molar-refractivity contribution in [2.24, 2.45) is 0 Å². The Bertz CT molecular complexity index is 877. The van der Waals surface area contributed by atoms with Crippen molar-refractivity contribution in [1.29, 1.82) is 0 Å². The number of carbonyl (C=O) groups is 1. The molecule has 0 spiro atoms. The summed E-state index contributed by atoms with van der Waals surface area (Å²) in [7, 11) is 0. The second-order valence-electron chi connectivity index (χ2n) is 5.96. The largest absolute Gasteiger partial charge is 0.457 e. The van der Waals surface area contributed by atoms with Crippen molar-refractivity contribution < 1.29 is 9.53 Å². The average Bonchev–Trinajstić information content (AvgIpc) is 2.67. The summed E-state index contributed by atoms with van der Waals surface area (Å²) in [6.45, 7) is 5.50. The molecule has 0 aliphatic heterocycles. The minimum Gasteiger partial charge on any atom is -0.457 e. The summed E-state index contributed by atoms with van der Waals surface area (Å²) in [5, 5.41) is 0. The summed E-state index contributed by atoms with van der Waals surface area (Å²) in [5.41, 5.74) is 5.92. The van der Waals surface area contributed by atoms with Crippen LogP contribution < -0.4 is 0 Å². The number of hydrogen-bond acceptors (Lipinski definition) is 2. The number of rotatable bonds is 5. The number of hydrogen-bond donors (Lipinski definition) is 0. The van der Waals surface area contributed by atoms with E-state index in [4.69, 9.17) is 4.74 Å². The Morgan fingerprint density at radius 1 is 0.800 bits per heavy atom. The van der Waals surface area contributed by atoms with E-state index in [9.17, 15) is 4.79 Å². The summed E-state index contributed by atoms with van der Waals surface area (Å²) >= 11 is 0. The van der Waals surface area contributed by atoms with Crippen LogP contribution in [-0.2, 0) is 16.1 Å². The maximum absolute atomic E-state index is 11.6. The average molecular weight is 328 g/mol. The van der Waals surface area contributed by atoms with E-state index >= 15 is 0 Å². The molecule has 0 heterocycles. The zero-order valence-electron chi connectivity index (χ0n) is 14.2. The van der Waals surface area contributed by atoms with Crippen LogP contribution in [0.1, 0.15) is 12.5 Å². The van der Waals surface area contributed by atoms with Gasteiger partial charge in [0.1, 0.15) is 6.61 Å². The van der Waals surface area contributed by atoms with Gasteiger partial charge in [-0.25, -0.2) is 4.79 Å². The van der Waals surface area contributed by atoms with Crippen molar-refractivity contribution in [2.75, 3.05) is 0 Å². The number of benzene rings is 3. The first kappa shape index (κ1) is 16.7. The third-order valence-corrected chi connectivity index (χ3v) is 4.03. The van der Waals surface area contributed by atoms with Crippen LogP contribution >= 0.6 is 0 Å². The van der Waals surface area contributed by atoms with Crippen molar-refractivity contribution in [3.8, 4) is 22.3 Å². The second kappa shape index (κ2) is 7.63. The number of esters is 1. The lowest BCUT2D eigenvalue weighted by Gasteiger charge is -2.11. The summed E-state index contributed by atoms with van der Waals surface area (Å²) < 4.78 is 5.31. The van der Waals surface area contributed by atoms with Gasteiger partial charge in [0.25, 0.3) is 0 Å². The van der Waals surface area contributed by atoms with Gasteiger partial charge in [-0.15, -0.1) is 0 Å². The minimum atomic E-state index is -0.366. The summed E-state index contributed by atoms with van der Waals surface area (Å²) in [6.07, 6.45) is 0. The molecule has 0 saturated carbocycles. The number of ether oxygens (including phenoxy) is 1. The molecular weight excluding hydrogens is 308 g/mol. The molecule has 0 bridgehead atoms. The van der Waals surface area contributed by atoms with E-state index in [2.05, 4.69) is 43.0 Å². The van der Waals surface area contributed by atoms with Gasteiger partial charge in [-0.2, -0.15) is 0 Å². The van der Waals surface area contributed by atoms with Gasteiger partial charge in [-0.3, -0.25) is 0 Å². The van der Waals surface area contributed by atoms with Crippen molar-refractivity contribution in [3.05, 3.63) is 96.6 Å². The topological polar surface area (TPSA) is 26.3 Å². The van der Waals surface area contributed by atoms with Crippen molar-refractivity contribution >= 4 is 5.97 Å². The molecule has 3 aromatic carbocycles. The maximum Gasteiger partial charge on any atom is 0.333 e. The zero-order chi connectivity index (χ0) is 17.6. The van der Waals surface area contributed by atoms with Gasteiger partial charge in [0.05, 0.1) is 0 Å². The van der Waals surface area contributed by atoms with Crippen molar-refractivity contribution in [3.63, 3.8) is 0 Å². The monoisotopic (exact) mass is 328 g/mol. The quantitative estimate of drug-likeness (QED) is 0.447. The molecule has 0 aliphatic carbocycles. The lowest BCUT2D eigenvalue weighted by Crippen LogP contribution is -2.05. The fourth-order valence-electron chi connectivity index (χ4n) is 2.67. The van der Waals surface area contributed by atoms with Crippen LogP contribution in [0.25, 0.3) is 22.3 Å². The van der Waals surface area contributed by atoms with Gasteiger partial charge in [-0.05, 0) is 34.7 Å². The first-order valence-corrected chi connectivity index (χ1v) is 8.21. The molecule has 0 radical (unpaired) electrons. The third kappa shape index (κ3) is 4.04. The van der Waals surface area contributed by atoms with E-state index in [-0.39, 0.29) is 12.6 Å². The molecule has 0 aromatic heterocycles. The Labute approximate surface area is 148 Å². The van der Waals surface area contributed by atoms with E-state index in [0.717, 1.165) is 16.7 Å². The second-order valence-corrected chi connectivity index (χ2v) is 5.96. The van der Waals surface area contributed by atoms with Crippen LogP contribution in [-0.4, -0.2) is 5.97 Å². The van der Waals surface area contributed by atoms with E-state index in [1.807, 2.05) is 42.5 Å². The van der Waals surface area contributed by atoms with Gasteiger partial charge < -0.3 is 4.74 Å². The standard InChI is InChI=1S/C23H20O2/c1-17(2)23(24)25-16-21-10-6-7-11-22(21)20-14-12-19(13-15-20)18-8-4-3-5-9-18/h3-15H,1,16H2,2H3. The molecule has 0 N–H and O–H groups in total. The van der Waals surface area contributed by atoms with Crippen LogP contribution in [0.4, 0.5) is 0 Å². The highest BCUT2D eigenvalue weighted by Gasteiger charge is 2.09. The van der Waals surface area contributed by atoms with Crippen molar-refractivity contribution in [2.45, 2.75) is 13.5 Å². The Hall–Kier alpha value is -3.13. The van der Waals surface area contributed by atoms with Gasteiger partial charge in [0.2, 0.25) is 0 Å². The number of carbonyl (C=O) groups excluding carboxylic acids is 1. The molecule has 25 heavy (non-hydrogen) atoms. The summed E-state index contributed by atoms with van der Waals surface area (Å²) in [4.78, 5) is 11.6. The SMILES string of the molecule is C=C(C)C(=O)OCc1ccccc1-c1ccc(-c2ccccc2)cc1. The molecule has 0 fully saturated rings. The molecule has 0 aliphatic rings. The predicted octanol–water partition coefficient (Wildman–Crippen LogP) is 5.64. The lowest BCUT2D eigenvalue weighted by atomic mass is 9.97. The van der Waals surface area contributed by atoms with Crippen molar-refractivity contribution in [1.82, 2.24) is 0 Å². The molecule has 124 valence electrons. The molecule has 3 rings (SSSR count). The molecule has 2 heteroatoms. The molecule has 0 amide bonds. The highest BCUT2D eigenvalue weighted by atomic mass is 16.5. The Kier molecular flexibility index (Phi) is 5.10. The Balaban J connectivity index is 1.84. The maximum atomic E-state index is 11.6. The molecule has 0 saturated heterocycles. The van der Waals surface area contributed by atoms with Gasteiger partial charge in [-0.1, -0.05) is 85.4 Å². The van der Waals surface area contributed by atoms with Crippen LogP contribution in [0.5, 0.6) is 0 Å². The van der Waals surface area contributed by atoms with E-state index in [0.29, 0.717) is 5.57 Å². The van der Waals surface area contributed by atoms with Gasteiger partial charge in [0.15, 0.2) is 0 Å². The van der Waals surface area contributed by atoms with Gasteiger partial charge >= 0.3 is 5.97 Å². The van der Waals surface area contributed by atoms with Crippen LogP contribution in [0.15, 0.2) is 91.0 Å². The third-order valence-electron chi connectivity index (χ3n) is 4.03. The fraction of sp³-hybridized carbons (Fsp3) is 0.0870. The van der Waals surface area contributed by atoms with Crippen LogP contribution in [0.2, 0.25) is 0 Å². The van der Waals surface area contributed by atoms with Gasteiger partial charge in [0, 0.05) is 5.57 Å². The highest BCUT2D eigenvalue weighted by Crippen LogP contribution is 2.27. The first-order valence-electron chi connectivity index (χ1n) is 8.21. The fourth-order valence-corrected chi connectivity index (χ4v) is 2.67. The Morgan fingerprint density at radius 3 is 2.04 bits per heavy atom. The first-order chi connectivity index (χ1) is 12.1. The van der Waals surface area contributed by atoms with E-state index < -0.39 is 0 Å². The smallest absolute Gasteiger partial charge is 0.333 e. The highest BCUT2D eigenvalue weighted by molar-refractivity contribution is 5.87. The normalized spacial score (nSPS) is 10.3. The summed E-state index contributed by atoms with van der Waals surface area (Å²) in [5.74, 6) is -0.366. The van der Waals surface area contributed by atoms with Crippen LogP contribution in [0.3, 0.4) is 0 Å².